The van der Waals surface area contributed by atoms with Gasteiger partial charge in [-0.2, -0.15) is 0 Å². The number of allylic oxidation sites excluding steroid dienone is 1. The number of nitrogens with zero attached hydrogens (tertiary/aromatic N) is 3. The number of para-hydroxylation sites is 1. The van der Waals surface area contributed by atoms with Gasteiger partial charge in [0.15, 0.2) is 5.13 Å². The molecule has 334 valence electrons. The lowest BCUT2D eigenvalue weighted by Gasteiger charge is -2.35. The number of anilines is 2. The van der Waals surface area contributed by atoms with E-state index in [9.17, 15) is 22.8 Å². The Morgan fingerprint density at radius 3 is 2.58 bits per heavy atom. The fourth-order valence-electron chi connectivity index (χ4n) is 7.91. The van der Waals surface area contributed by atoms with Crippen molar-refractivity contribution in [1.82, 2.24) is 24.9 Å². The van der Waals surface area contributed by atoms with E-state index in [2.05, 4.69) is 20.7 Å². The number of thiazole rings is 1. The molecule has 14 nitrogen and oxygen atoms in total. The highest BCUT2D eigenvalue weighted by Crippen LogP contribution is 2.36. The van der Waals surface area contributed by atoms with Crippen LogP contribution in [-0.4, -0.2) is 84.9 Å². The molecule has 2 aliphatic heterocycles. The Morgan fingerprint density at radius 1 is 1.05 bits per heavy atom. The second kappa shape index (κ2) is 19.9. The number of methoxy groups -OCH3 is 1. The zero-order chi connectivity index (χ0) is 44.7. The van der Waals surface area contributed by atoms with Gasteiger partial charge in [-0.25, -0.2) is 23.1 Å². The molecule has 2 aromatic heterocycles. The Labute approximate surface area is 369 Å². The maximum atomic E-state index is 14.8. The standard InChI is InChI=1S/C46H61N7O7S2/c1-8-21-46(22-15-11-9-10-12-16-23-47-34-17-13-14-18-40(34)62(57,58)52-43(46)56)51-42(55)38-25-32(28-53(38)41(54)27-45(4,5)6)60-39-26-36(37-29-61-44(50-37)48-30(2)3)49-35-24-31(59-7)19-20-33(35)39/h11,13-15,17-20,24,26,29-30,32,38,47H,8-10,12,16,21-23,25,27-28H2,1-7H3,(H,48,50)(H,51,55)(H,52,56)/b15-11-/t32-,38+,46-/m1/s1. The van der Waals surface area contributed by atoms with Crippen LogP contribution in [0.1, 0.15) is 99.3 Å². The van der Waals surface area contributed by atoms with E-state index in [4.69, 9.17) is 19.4 Å². The van der Waals surface area contributed by atoms with Crippen LogP contribution in [0.5, 0.6) is 11.5 Å². The van der Waals surface area contributed by atoms with E-state index >= 15 is 0 Å². The van der Waals surface area contributed by atoms with Gasteiger partial charge in [0.25, 0.3) is 15.9 Å². The summed E-state index contributed by atoms with van der Waals surface area (Å²) < 4.78 is 42.6. The summed E-state index contributed by atoms with van der Waals surface area (Å²) in [5, 5.41) is 13.0. The quantitative estimate of drug-likeness (QED) is 0.107. The highest BCUT2D eigenvalue weighted by Gasteiger charge is 2.47. The van der Waals surface area contributed by atoms with Crippen molar-refractivity contribution in [1.29, 1.82) is 0 Å². The Morgan fingerprint density at radius 2 is 1.84 bits per heavy atom. The number of likely N-dealkylation sites (tertiary alicyclic amines) is 1. The second-order valence-electron chi connectivity index (χ2n) is 17.7. The largest absolute Gasteiger partial charge is 0.497 e. The first-order chi connectivity index (χ1) is 29.5. The molecule has 1 saturated heterocycles. The van der Waals surface area contributed by atoms with Crippen molar-refractivity contribution in [3.8, 4) is 22.9 Å². The van der Waals surface area contributed by atoms with Gasteiger partial charge in [0.2, 0.25) is 11.8 Å². The lowest BCUT2D eigenvalue weighted by atomic mass is 9.87. The summed E-state index contributed by atoms with van der Waals surface area (Å²) in [5.41, 5.74) is 0.216. The molecule has 4 N–H and O–H groups in total. The Bertz CT molecular complexity index is 2380. The SMILES string of the molecule is CCC[C@@]1(NC(=O)[C@@H]2C[C@@H](Oc3cc(-c4csc(NC(C)C)n4)nc4cc(OC)ccc34)CN2C(=O)CC(C)(C)C)C/C=C\CCCCCNc2ccccc2S(=O)(=O)NC1=O. The van der Waals surface area contributed by atoms with Gasteiger partial charge in [0, 0.05) is 48.3 Å². The van der Waals surface area contributed by atoms with Crippen LogP contribution in [0.25, 0.3) is 22.3 Å². The van der Waals surface area contributed by atoms with E-state index in [1.807, 2.05) is 83.3 Å². The van der Waals surface area contributed by atoms with Gasteiger partial charge in [0.05, 0.1) is 30.6 Å². The Kier molecular flexibility index (Phi) is 14.8. The van der Waals surface area contributed by atoms with Crippen molar-refractivity contribution in [3.63, 3.8) is 0 Å². The monoisotopic (exact) mass is 887 g/mol. The summed E-state index contributed by atoms with van der Waals surface area (Å²) in [5.74, 6) is -0.524. The van der Waals surface area contributed by atoms with E-state index in [1.54, 1.807) is 30.2 Å². The average Bonchev–Trinajstić information content (AvgIpc) is 3.86. The van der Waals surface area contributed by atoms with Crippen LogP contribution in [0.3, 0.4) is 0 Å². The maximum absolute atomic E-state index is 14.8. The number of hydrogen-bond acceptors (Lipinski definition) is 12. The first kappa shape index (κ1) is 46.3. The number of ether oxygens (including phenoxy) is 2. The zero-order valence-electron chi connectivity index (χ0n) is 36.9. The molecule has 0 saturated carbocycles. The van der Waals surface area contributed by atoms with Crippen LogP contribution < -0.4 is 30.1 Å². The summed E-state index contributed by atoms with van der Waals surface area (Å²) in [6.45, 7) is 12.5. The maximum Gasteiger partial charge on any atom is 0.266 e. The molecule has 16 heteroatoms. The number of pyridine rings is 1. The van der Waals surface area contributed by atoms with Crippen molar-refractivity contribution in [3.05, 3.63) is 66.1 Å². The van der Waals surface area contributed by atoms with Crippen molar-refractivity contribution < 1.29 is 32.3 Å². The van der Waals surface area contributed by atoms with Crippen LogP contribution in [0.4, 0.5) is 10.8 Å². The fraction of sp³-hybridized carbons (Fsp3) is 0.500. The normalized spacial score (nSPS) is 21.5. The molecule has 0 aliphatic carbocycles. The van der Waals surface area contributed by atoms with Gasteiger partial charge in [0.1, 0.15) is 39.8 Å². The Hall–Kier alpha value is -5.22. The molecule has 1 fully saturated rings. The van der Waals surface area contributed by atoms with Crippen molar-refractivity contribution in [2.75, 3.05) is 30.8 Å². The van der Waals surface area contributed by atoms with Gasteiger partial charge in [-0.1, -0.05) is 64.8 Å². The number of hydrogen-bond donors (Lipinski definition) is 4. The third-order valence-corrected chi connectivity index (χ3v) is 13.1. The van der Waals surface area contributed by atoms with Gasteiger partial charge in [-0.3, -0.25) is 14.4 Å². The number of sulfonamides is 1. The predicted octanol–water partition coefficient (Wildman–Crippen LogP) is 8.06. The summed E-state index contributed by atoms with van der Waals surface area (Å²) in [4.78, 5) is 54.7. The van der Waals surface area contributed by atoms with Crippen LogP contribution >= 0.6 is 11.3 Å². The molecular formula is C46H61N7O7S2. The fourth-order valence-corrected chi connectivity index (χ4v) is 10.0. The van der Waals surface area contributed by atoms with Crippen LogP contribution in [0, 0.1) is 5.41 Å². The first-order valence-corrected chi connectivity index (χ1v) is 23.9. The molecule has 62 heavy (non-hydrogen) atoms. The minimum Gasteiger partial charge on any atom is -0.497 e. The summed E-state index contributed by atoms with van der Waals surface area (Å²) in [6.07, 6.45) is 7.59. The highest BCUT2D eigenvalue weighted by molar-refractivity contribution is 7.90. The number of amides is 3. The molecule has 0 bridgehead atoms. The average molecular weight is 888 g/mol. The van der Waals surface area contributed by atoms with Crippen molar-refractivity contribution in [2.45, 2.75) is 128 Å². The van der Waals surface area contributed by atoms with Crippen molar-refractivity contribution >= 4 is 60.8 Å². The minimum absolute atomic E-state index is 0.0523. The Balaban J connectivity index is 1.35. The molecule has 2 aromatic carbocycles. The first-order valence-electron chi connectivity index (χ1n) is 21.6. The van der Waals surface area contributed by atoms with E-state index in [-0.39, 0.29) is 54.5 Å². The summed E-state index contributed by atoms with van der Waals surface area (Å²) >= 11 is 1.47. The lowest BCUT2D eigenvalue weighted by Crippen LogP contribution is -2.62. The number of rotatable bonds is 11. The third kappa shape index (κ3) is 11.4. The summed E-state index contributed by atoms with van der Waals surface area (Å²) in [7, 11) is -2.78. The number of benzene rings is 2. The molecule has 3 atom stereocenters. The highest BCUT2D eigenvalue weighted by atomic mass is 32.2. The number of carbonyl (C=O) groups excluding carboxylic acids is 3. The molecule has 0 radical (unpaired) electrons. The molecule has 4 aromatic rings. The smallest absolute Gasteiger partial charge is 0.266 e. The molecule has 6 rings (SSSR count). The molecule has 0 spiro atoms. The molecule has 2 aliphatic rings. The number of nitrogens with one attached hydrogen (secondary N) is 4. The van der Waals surface area contributed by atoms with Gasteiger partial charge >= 0.3 is 0 Å². The van der Waals surface area contributed by atoms with Gasteiger partial charge in [-0.15, -0.1) is 11.3 Å². The predicted molar refractivity (Wildman–Crippen MR) is 245 cm³/mol. The number of fused-ring (bicyclic) bond motifs is 2. The van der Waals surface area contributed by atoms with Crippen LogP contribution in [0.15, 0.2) is 71.0 Å². The van der Waals surface area contributed by atoms with E-state index in [0.717, 1.165) is 30.8 Å². The van der Waals surface area contributed by atoms with Crippen molar-refractivity contribution in [2.24, 2.45) is 5.41 Å². The number of aromatic nitrogens is 2. The topological polar surface area (TPSA) is 181 Å². The zero-order valence-corrected chi connectivity index (χ0v) is 38.5. The third-order valence-electron chi connectivity index (χ3n) is 10.9. The van der Waals surface area contributed by atoms with E-state index in [0.29, 0.717) is 52.4 Å². The van der Waals surface area contributed by atoms with Crippen LogP contribution in [0.2, 0.25) is 0 Å². The number of carbonyl (C=O) groups is 3. The second-order valence-corrected chi connectivity index (χ2v) is 20.2. The van der Waals surface area contributed by atoms with Crippen LogP contribution in [-0.2, 0) is 24.4 Å². The minimum atomic E-state index is -4.37. The molecule has 0 unspecified atom stereocenters. The lowest BCUT2D eigenvalue weighted by molar-refractivity contribution is -0.142. The van der Waals surface area contributed by atoms with E-state index in [1.165, 1.54) is 17.4 Å². The molecular weight excluding hydrogens is 827 g/mol. The molecule has 3 amide bonds. The van der Waals surface area contributed by atoms with E-state index < -0.39 is 39.5 Å². The molecule has 4 heterocycles. The van der Waals surface area contributed by atoms with Gasteiger partial charge in [-0.05, 0) is 75.6 Å². The van der Waals surface area contributed by atoms with Gasteiger partial charge < -0.3 is 30.3 Å². The summed E-state index contributed by atoms with van der Waals surface area (Å²) in [6, 6.07) is 13.0.